The summed E-state index contributed by atoms with van der Waals surface area (Å²) >= 11 is 0. The van der Waals surface area contributed by atoms with Gasteiger partial charge in [-0.1, -0.05) is 0 Å². The van der Waals surface area contributed by atoms with Gasteiger partial charge in [0.25, 0.3) is 0 Å². The second-order valence-electron chi connectivity index (χ2n) is 11.7. The normalized spacial score (nSPS) is 42.1. The van der Waals surface area contributed by atoms with E-state index in [1.54, 1.807) is 0 Å². The second kappa shape index (κ2) is 6.74. The molecule has 5 rings (SSSR count). The molecule has 3 nitrogen and oxygen atoms in total. The maximum atomic E-state index is 10.7. The Morgan fingerprint density at radius 3 is 1.92 bits per heavy atom. The average Bonchev–Trinajstić information content (AvgIpc) is 2.49. The van der Waals surface area contributed by atoms with E-state index >= 15 is 0 Å². The van der Waals surface area contributed by atoms with Gasteiger partial charge in [-0.25, -0.2) is 0 Å². The van der Waals surface area contributed by atoms with Gasteiger partial charge in [0.05, 0.1) is 19.3 Å². The topological polar surface area (TPSA) is 32.7 Å². The van der Waals surface area contributed by atoms with Crippen molar-refractivity contribution in [3.8, 4) is 0 Å². The Hall–Kier alpha value is -0.120. The molecule has 0 aromatic carbocycles. The molecule has 0 spiro atoms. The first-order chi connectivity index (χ1) is 12.2. The molecule has 1 atom stereocenters. The second-order valence-corrected chi connectivity index (χ2v) is 11.7. The van der Waals surface area contributed by atoms with Crippen LogP contribution in [0.1, 0.15) is 85.5 Å². The van der Waals surface area contributed by atoms with Crippen LogP contribution in [0.3, 0.4) is 0 Å². The summed E-state index contributed by atoms with van der Waals surface area (Å²) in [6.07, 6.45) is 12.0. The van der Waals surface area contributed by atoms with E-state index in [0.29, 0.717) is 12.0 Å². The molecule has 1 aliphatic heterocycles. The summed E-state index contributed by atoms with van der Waals surface area (Å²) in [4.78, 5) is 2.53. The van der Waals surface area contributed by atoms with Crippen LogP contribution in [0.4, 0.5) is 0 Å². The SMILES string of the molecule is CC1(C)CCCC(C)(C)N1CC(O)COCC12CC3CC(CC(C3)C1)C2. The molecule has 5 fully saturated rings. The molecule has 0 amide bonds. The summed E-state index contributed by atoms with van der Waals surface area (Å²) in [6.45, 7) is 11.5. The molecule has 150 valence electrons. The molecule has 0 aromatic rings. The average molecular weight is 364 g/mol. The summed E-state index contributed by atoms with van der Waals surface area (Å²) in [5.74, 6) is 2.93. The minimum Gasteiger partial charge on any atom is -0.389 e. The fourth-order valence-corrected chi connectivity index (χ4v) is 7.68. The number of likely N-dealkylation sites (tertiary alicyclic amines) is 1. The number of hydrogen-bond acceptors (Lipinski definition) is 3. The van der Waals surface area contributed by atoms with Crippen molar-refractivity contribution in [1.29, 1.82) is 0 Å². The van der Waals surface area contributed by atoms with E-state index in [4.69, 9.17) is 4.74 Å². The van der Waals surface area contributed by atoms with Gasteiger partial charge in [-0.05, 0) is 109 Å². The molecule has 3 heteroatoms. The molecule has 1 N–H and O–H groups in total. The molecule has 5 aliphatic rings. The van der Waals surface area contributed by atoms with Gasteiger partial charge in [-0.3, -0.25) is 4.90 Å². The van der Waals surface area contributed by atoms with Crippen LogP contribution in [0.25, 0.3) is 0 Å². The minimum atomic E-state index is -0.374. The van der Waals surface area contributed by atoms with E-state index in [2.05, 4.69) is 32.6 Å². The zero-order valence-corrected chi connectivity index (χ0v) is 17.6. The summed E-state index contributed by atoms with van der Waals surface area (Å²) in [5, 5.41) is 10.7. The summed E-state index contributed by atoms with van der Waals surface area (Å²) in [6, 6.07) is 0. The van der Waals surface area contributed by atoms with Gasteiger partial charge in [-0.15, -0.1) is 0 Å². The van der Waals surface area contributed by atoms with E-state index < -0.39 is 0 Å². The minimum absolute atomic E-state index is 0.169. The van der Waals surface area contributed by atoms with Gasteiger partial charge in [0.2, 0.25) is 0 Å². The number of hydrogen-bond donors (Lipinski definition) is 1. The standard InChI is InChI=1S/C23H41NO2/c1-21(2)6-5-7-22(3,4)24(21)14-20(25)15-26-16-23-11-17-8-18(12-23)10-19(9-17)13-23/h17-20,25H,5-16H2,1-4H3. The third-order valence-corrected chi connectivity index (χ3v) is 8.32. The lowest BCUT2D eigenvalue weighted by atomic mass is 9.50. The third-order valence-electron chi connectivity index (χ3n) is 8.32. The van der Waals surface area contributed by atoms with Gasteiger partial charge in [0, 0.05) is 17.6 Å². The van der Waals surface area contributed by atoms with Crippen molar-refractivity contribution in [2.24, 2.45) is 23.2 Å². The van der Waals surface area contributed by atoms with Crippen LogP contribution in [0.2, 0.25) is 0 Å². The van der Waals surface area contributed by atoms with E-state index in [0.717, 1.165) is 30.9 Å². The molecular formula is C23H41NO2. The van der Waals surface area contributed by atoms with Gasteiger partial charge >= 0.3 is 0 Å². The molecule has 26 heavy (non-hydrogen) atoms. The van der Waals surface area contributed by atoms with Crippen LogP contribution < -0.4 is 0 Å². The molecule has 4 aliphatic carbocycles. The lowest BCUT2D eigenvalue weighted by Crippen LogP contribution is -2.60. The highest BCUT2D eigenvalue weighted by Crippen LogP contribution is 2.60. The van der Waals surface area contributed by atoms with Crippen molar-refractivity contribution in [2.75, 3.05) is 19.8 Å². The Morgan fingerprint density at radius 2 is 1.42 bits per heavy atom. The maximum absolute atomic E-state index is 10.7. The predicted molar refractivity (Wildman–Crippen MR) is 106 cm³/mol. The molecule has 0 radical (unpaired) electrons. The Balaban J connectivity index is 1.28. The zero-order chi connectivity index (χ0) is 18.6. The molecule has 4 bridgehead atoms. The van der Waals surface area contributed by atoms with Crippen molar-refractivity contribution < 1.29 is 9.84 Å². The van der Waals surface area contributed by atoms with Crippen molar-refractivity contribution in [1.82, 2.24) is 4.90 Å². The summed E-state index contributed by atoms with van der Waals surface area (Å²) in [5.41, 5.74) is 0.795. The lowest BCUT2D eigenvalue weighted by Gasteiger charge is -2.56. The van der Waals surface area contributed by atoms with E-state index in [1.165, 1.54) is 57.8 Å². The Morgan fingerprint density at radius 1 is 0.923 bits per heavy atom. The Kier molecular flexibility index (Phi) is 4.98. The quantitative estimate of drug-likeness (QED) is 0.747. The van der Waals surface area contributed by atoms with Crippen LogP contribution in [0.5, 0.6) is 0 Å². The van der Waals surface area contributed by atoms with Crippen LogP contribution in [0, 0.1) is 23.2 Å². The highest BCUT2D eigenvalue weighted by molar-refractivity contribution is 5.01. The highest BCUT2D eigenvalue weighted by atomic mass is 16.5. The molecule has 4 saturated carbocycles. The van der Waals surface area contributed by atoms with Crippen LogP contribution in [-0.2, 0) is 4.74 Å². The molecular weight excluding hydrogens is 322 g/mol. The molecule has 1 heterocycles. The first kappa shape index (κ1) is 19.2. The summed E-state index contributed by atoms with van der Waals surface area (Å²) < 4.78 is 6.18. The van der Waals surface area contributed by atoms with Crippen molar-refractivity contribution >= 4 is 0 Å². The lowest BCUT2D eigenvalue weighted by molar-refractivity contribution is -0.114. The van der Waals surface area contributed by atoms with E-state index in [9.17, 15) is 5.11 Å². The summed E-state index contributed by atoms with van der Waals surface area (Å²) in [7, 11) is 0. The number of piperidine rings is 1. The van der Waals surface area contributed by atoms with E-state index in [-0.39, 0.29) is 17.2 Å². The number of ether oxygens (including phenoxy) is 1. The number of aliphatic hydroxyl groups is 1. The van der Waals surface area contributed by atoms with E-state index in [1.807, 2.05) is 0 Å². The molecule has 0 aromatic heterocycles. The van der Waals surface area contributed by atoms with Gasteiger partial charge < -0.3 is 9.84 Å². The van der Waals surface area contributed by atoms with Crippen molar-refractivity contribution in [3.63, 3.8) is 0 Å². The van der Waals surface area contributed by atoms with Crippen LogP contribution in [0.15, 0.2) is 0 Å². The number of rotatable bonds is 6. The number of nitrogens with zero attached hydrogens (tertiary/aromatic N) is 1. The first-order valence-electron chi connectivity index (χ1n) is 11.2. The van der Waals surface area contributed by atoms with Crippen LogP contribution >= 0.6 is 0 Å². The fourth-order valence-electron chi connectivity index (χ4n) is 7.68. The number of aliphatic hydroxyl groups excluding tert-OH is 1. The van der Waals surface area contributed by atoms with Crippen LogP contribution in [-0.4, -0.2) is 46.9 Å². The Labute approximate surface area is 160 Å². The Bertz CT molecular complexity index is 461. The first-order valence-corrected chi connectivity index (χ1v) is 11.2. The van der Waals surface area contributed by atoms with Gasteiger partial charge in [0.1, 0.15) is 0 Å². The van der Waals surface area contributed by atoms with Gasteiger partial charge in [-0.2, -0.15) is 0 Å². The van der Waals surface area contributed by atoms with Gasteiger partial charge in [0.15, 0.2) is 0 Å². The third kappa shape index (κ3) is 3.73. The smallest absolute Gasteiger partial charge is 0.0900 e. The predicted octanol–water partition coefficient (Wildman–Crippen LogP) is 4.62. The monoisotopic (exact) mass is 363 g/mol. The fraction of sp³-hybridized carbons (Fsp3) is 1.00. The highest BCUT2D eigenvalue weighted by Gasteiger charge is 2.51. The number of β-amino-alcohol motifs (C(OH)–C–C–N with tert-alkyl or cyclic N) is 1. The molecule has 1 unspecified atom stereocenters. The van der Waals surface area contributed by atoms with Crippen molar-refractivity contribution in [3.05, 3.63) is 0 Å². The molecule has 1 saturated heterocycles. The maximum Gasteiger partial charge on any atom is 0.0900 e. The van der Waals surface area contributed by atoms with Crippen molar-refractivity contribution in [2.45, 2.75) is 103 Å². The zero-order valence-electron chi connectivity index (χ0n) is 17.6. The largest absolute Gasteiger partial charge is 0.389 e.